The van der Waals surface area contributed by atoms with Crippen molar-refractivity contribution in [3.05, 3.63) is 18.2 Å². The Morgan fingerprint density at radius 1 is 1.12 bits per heavy atom. The second kappa shape index (κ2) is 3.82. The van der Waals surface area contributed by atoms with Crippen LogP contribution in [0.15, 0.2) is 22.8 Å². The van der Waals surface area contributed by atoms with E-state index >= 15 is 0 Å². The van der Waals surface area contributed by atoms with Crippen LogP contribution in [0.5, 0.6) is 0 Å². The average molecular weight is 232 g/mol. The molecule has 0 amide bonds. The summed E-state index contributed by atoms with van der Waals surface area (Å²) in [5.41, 5.74) is 2.49. The third-order valence-electron chi connectivity index (χ3n) is 2.80. The number of benzene rings is 1. The van der Waals surface area contributed by atoms with E-state index in [4.69, 9.17) is 9.31 Å². The van der Waals surface area contributed by atoms with Gasteiger partial charge in [-0.15, -0.1) is 0 Å². The number of aromatic nitrogens is 2. The Kier molecular flexibility index (Phi) is 2.41. The maximum Gasteiger partial charge on any atom is 0.493 e. The quantitative estimate of drug-likeness (QED) is 0.686. The summed E-state index contributed by atoms with van der Waals surface area (Å²) in [7, 11) is -0.316. The minimum Gasteiger partial charge on any atom is -0.407 e. The van der Waals surface area contributed by atoms with E-state index in [0.29, 0.717) is 13.2 Å². The number of rotatable bonds is 1. The van der Waals surface area contributed by atoms with Crippen molar-refractivity contribution in [2.45, 2.75) is 13.8 Å². The zero-order chi connectivity index (χ0) is 11.9. The molecule has 2 heterocycles. The smallest absolute Gasteiger partial charge is 0.407 e. The minimum atomic E-state index is -0.316. The summed E-state index contributed by atoms with van der Waals surface area (Å²) in [4.78, 5) is 0. The lowest BCUT2D eigenvalue weighted by Crippen LogP contribution is -2.47. The van der Waals surface area contributed by atoms with Crippen LogP contribution in [-0.4, -0.2) is 30.6 Å². The molecule has 1 aromatic heterocycles. The maximum absolute atomic E-state index is 5.70. The molecule has 6 heteroatoms. The highest BCUT2D eigenvalue weighted by molar-refractivity contribution is 6.61. The Morgan fingerprint density at radius 3 is 2.59 bits per heavy atom. The Balaban J connectivity index is 1.84. The highest BCUT2D eigenvalue weighted by Crippen LogP contribution is 2.21. The molecule has 3 rings (SSSR count). The van der Waals surface area contributed by atoms with Crippen LogP contribution in [0.2, 0.25) is 0 Å². The van der Waals surface area contributed by atoms with Gasteiger partial charge in [-0.25, -0.2) is 4.63 Å². The fraction of sp³-hybridized carbons (Fsp3) is 0.455. The predicted molar refractivity (Wildman–Crippen MR) is 62.9 cm³/mol. The monoisotopic (exact) mass is 232 g/mol. The SMILES string of the molecule is CC1(C)COB(c2ccc3nonc3c2)OC1. The van der Waals surface area contributed by atoms with Crippen molar-refractivity contribution in [1.82, 2.24) is 10.3 Å². The van der Waals surface area contributed by atoms with Crippen LogP contribution in [0.3, 0.4) is 0 Å². The van der Waals surface area contributed by atoms with Gasteiger partial charge in [-0.05, 0) is 27.9 Å². The molecule has 0 bridgehead atoms. The molecule has 0 atom stereocenters. The third-order valence-corrected chi connectivity index (χ3v) is 2.80. The fourth-order valence-corrected chi connectivity index (χ4v) is 1.83. The molecule has 0 aliphatic carbocycles. The van der Waals surface area contributed by atoms with Gasteiger partial charge in [0.25, 0.3) is 0 Å². The molecule has 0 spiro atoms. The van der Waals surface area contributed by atoms with E-state index in [1.54, 1.807) is 0 Å². The summed E-state index contributed by atoms with van der Waals surface area (Å²) in [5.74, 6) is 0. The summed E-state index contributed by atoms with van der Waals surface area (Å²) >= 11 is 0. The highest BCUT2D eigenvalue weighted by Gasteiger charge is 2.33. The van der Waals surface area contributed by atoms with E-state index in [1.165, 1.54) is 0 Å². The van der Waals surface area contributed by atoms with Crippen molar-refractivity contribution >= 4 is 23.6 Å². The average Bonchev–Trinajstić information content (AvgIpc) is 2.76. The molecule has 1 aliphatic heterocycles. The summed E-state index contributed by atoms with van der Waals surface area (Å²) in [6.07, 6.45) is 0. The maximum atomic E-state index is 5.70. The van der Waals surface area contributed by atoms with E-state index in [2.05, 4.69) is 28.8 Å². The molecule has 0 saturated carbocycles. The molecule has 1 aromatic carbocycles. The number of nitrogens with zero attached hydrogens (tertiary/aromatic N) is 2. The van der Waals surface area contributed by atoms with E-state index in [1.807, 2.05) is 18.2 Å². The van der Waals surface area contributed by atoms with Gasteiger partial charge in [0.05, 0.1) is 0 Å². The van der Waals surface area contributed by atoms with Gasteiger partial charge in [0.2, 0.25) is 0 Å². The third kappa shape index (κ3) is 2.05. The van der Waals surface area contributed by atoms with E-state index < -0.39 is 0 Å². The summed E-state index contributed by atoms with van der Waals surface area (Å²) in [6, 6.07) is 5.66. The first-order valence-corrected chi connectivity index (χ1v) is 5.59. The Labute approximate surface area is 99.2 Å². The van der Waals surface area contributed by atoms with Gasteiger partial charge in [-0.2, -0.15) is 0 Å². The lowest BCUT2D eigenvalue weighted by Gasteiger charge is -2.33. The standard InChI is InChI=1S/C11H13BN2O3/c1-11(2)6-15-12(16-7-11)8-3-4-9-10(5-8)14-17-13-9/h3-5H,6-7H2,1-2H3. The molecule has 0 N–H and O–H groups in total. The van der Waals surface area contributed by atoms with Crippen molar-refractivity contribution in [3.8, 4) is 0 Å². The van der Waals surface area contributed by atoms with Crippen LogP contribution in [0, 0.1) is 5.41 Å². The predicted octanol–water partition coefficient (Wildman–Crippen LogP) is 0.991. The lowest BCUT2D eigenvalue weighted by molar-refractivity contribution is 0.0343. The molecule has 0 radical (unpaired) electrons. The minimum absolute atomic E-state index is 0.0794. The highest BCUT2D eigenvalue weighted by atomic mass is 16.6. The first kappa shape index (κ1) is 10.7. The summed E-state index contributed by atoms with van der Waals surface area (Å²) < 4.78 is 16.1. The zero-order valence-corrected chi connectivity index (χ0v) is 9.84. The molecule has 2 aromatic rings. The molecule has 1 aliphatic rings. The van der Waals surface area contributed by atoms with E-state index in [-0.39, 0.29) is 12.5 Å². The Bertz CT molecular complexity index is 530. The number of fused-ring (bicyclic) bond motifs is 1. The number of hydrogen-bond acceptors (Lipinski definition) is 5. The van der Waals surface area contributed by atoms with Crippen molar-refractivity contribution in [1.29, 1.82) is 0 Å². The Hall–Kier alpha value is -1.40. The first-order valence-electron chi connectivity index (χ1n) is 5.59. The normalized spacial score (nSPS) is 19.8. The van der Waals surface area contributed by atoms with Gasteiger partial charge in [-0.3, -0.25) is 0 Å². The second-order valence-corrected chi connectivity index (χ2v) is 5.13. The first-order chi connectivity index (χ1) is 8.14. The van der Waals surface area contributed by atoms with Crippen molar-refractivity contribution in [2.75, 3.05) is 13.2 Å². The molecule has 0 unspecified atom stereocenters. The van der Waals surface area contributed by atoms with Gasteiger partial charge < -0.3 is 9.31 Å². The van der Waals surface area contributed by atoms with Crippen LogP contribution in [-0.2, 0) is 9.31 Å². The van der Waals surface area contributed by atoms with Crippen LogP contribution in [0.4, 0.5) is 0 Å². The Morgan fingerprint density at radius 2 is 1.82 bits per heavy atom. The fourth-order valence-electron chi connectivity index (χ4n) is 1.83. The van der Waals surface area contributed by atoms with Crippen molar-refractivity contribution in [3.63, 3.8) is 0 Å². The molecule has 1 saturated heterocycles. The lowest BCUT2D eigenvalue weighted by atomic mass is 9.76. The largest absolute Gasteiger partial charge is 0.493 e. The second-order valence-electron chi connectivity index (χ2n) is 5.13. The van der Waals surface area contributed by atoms with Crippen LogP contribution >= 0.6 is 0 Å². The molecule has 88 valence electrons. The number of hydrogen-bond donors (Lipinski definition) is 0. The van der Waals surface area contributed by atoms with E-state index in [9.17, 15) is 0 Å². The zero-order valence-electron chi connectivity index (χ0n) is 9.84. The molecule has 5 nitrogen and oxygen atoms in total. The molecule has 17 heavy (non-hydrogen) atoms. The van der Waals surface area contributed by atoms with Crippen LogP contribution < -0.4 is 5.46 Å². The summed E-state index contributed by atoms with van der Waals surface area (Å²) in [5, 5.41) is 7.57. The summed E-state index contributed by atoms with van der Waals surface area (Å²) in [6.45, 7) is 5.61. The molecular formula is C11H13BN2O3. The topological polar surface area (TPSA) is 57.4 Å². The molecular weight excluding hydrogens is 219 g/mol. The van der Waals surface area contributed by atoms with E-state index in [0.717, 1.165) is 16.5 Å². The van der Waals surface area contributed by atoms with Gasteiger partial charge in [-0.1, -0.05) is 19.9 Å². The van der Waals surface area contributed by atoms with Gasteiger partial charge in [0.15, 0.2) is 0 Å². The van der Waals surface area contributed by atoms with Gasteiger partial charge in [0, 0.05) is 18.6 Å². The van der Waals surface area contributed by atoms with Crippen LogP contribution in [0.1, 0.15) is 13.8 Å². The van der Waals surface area contributed by atoms with Gasteiger partial charge >= 0.3 is 7.12 Å². The molecule has 1 fully saturated rings. The van der Waals surface area contributed by atoms with Crippen molar-refractivity contribution in [2.24, 2.45) is 5.41 Å². The van der Waals surface area contributed by atoms with Crippen molar-refractivity contribution < 1.29 is 13.9 Å². The van der Waals surface area contributed by atoms with Crippen LogP contribution in [0.25, 0.3) is 11.0 Å². The van der Waals surface area contributed by atoms with Gasteiger partial charge in [0.1, 0.15) is 11.0 Å².